The number of benzene rings is 2. The lowest BCUT2D eigenvalue weighted by atomic mass is 10.1. The van der Waals surface area contributed by atoms with Crippen molar-refractivity contribution in [2.24, 2.45) is 0 Å². The Labute approximate surface area is 171 Å². The van der Waals surface area contributed by atoms with Gasteiger partial charge in [0.25, 0.3) is 0 Å². The molecular weight excluding hydrogens is 379 g/mol. The van der Waals surface area contributed by atoms with Crippen LogP contribution < -0.4 is 14.8 Å². The number of nitrogens with zero attached hydrogens (tertiary/aromatic N) is 1. The van der Waals surface area contributed by atoms with Gasteiger partial charge >= 0.3 is 0 Å². The van der Waals surface area contributed by atoms with Crippen molar-refractivity contribution in [2.45, 2.75) is 39.0 Å². The average molecular weight is 407 g/mol. The number of methoxy groups -OCH3 is 1. The summed E-state index contributed by atoms with van der Waals surface area (Å²) in [6.45, 7) is 6.39. The molecule has 1 saturated heterocycles. The van der Waals surface area contributed by atoms with Crippen LogP contribution in [0.25, 0.3) is 0 Å². The van der Waals surface area contributed by atoms with E-state index in [1.165, 1.54) is 31.5 Å². The van der Waals surface area contributed by atoms with Crippen LogP contribution in [0.2, 0.25) is 5.02 Å². The first-order valence-electron chi connectivity index (χ1n) is 9.79. The van der Waals surface area contributed by atoms with Crippen molar-refractivity contribution in [1.29, 1.82) is 0 Å². The van der Waals surface area contributed by atoms with E-state index in [0.717, 1.165) is 24.2 Å². The number of halogens is 2. The normalized spacial score (nSPS) is 17.1. The van der Waals surface area contributed by atoms with Crippen molar-refractivity contribution in [2.75, 3.05) is 26.7 Å². The highest BCUT2D eigenvalue weighted by Crippen LogP contribution is 2.32. The number of likely N-dealkylation sites (tertiary alicyclic amines) is 1. The minimum absolute atomic E-state index is 0.249. The quantitative estimate of drug-likeness (QED) is 0.657. The molecule has 0 aliphatic carbocycles. The van der Waals surface area contributed by atoms with Crippen LogP contribution in [0.3, 0.4) is 0 Å². The maximum atomic E-state index is 13.3. The lowest BCUT2D eigenvalue weighted by Crippen LogP contribution is -2.37. The van der Waals surface area contributed by atoms with Gasteiger partial charge in [-0.05, 0) is 44.1 Å². The van der Waals surface area contributed by atoms with E-state index < -0.39 is 0 Å². The van der Waals surface area contributed by atoms with Crippen LogP contribution in [0, 0.1) is 5.82 Å². The topological polar surface area (TPSA) is 33.7 Å². The van der Waals surface area contributed by atoms with Crippen LogP contribution in [0.5, 0.6) is 11.5 Å². The minimum Gasteiger partial charge on any atom is -0.493 e. The zero-order valence-corrected chi connectivity index (χ0v) is 17.3. The molecule has 2 aromatic rings. The molecule has 1 aliphatic heterocycles. The van der Waals surface area contributed by atoms with Crippen LogP contribution in [0.15, 0.2) is 36.4 Å². The Hall–Kier alpha value is -1.82. The Morgan fingerprint density at radius 3 is 2.86 bits per heavy atom. The lowest BCUT2D eigenvalue weighted by Gasteiger charge is -2.23. The molecule has 152 valence electrons. The van der Waals surface area contributed by atoms with Gasteiger partial charge in [-0.25, -0.2) is 4.39 Å². The van der Waals surface area contributed by atoms with E-state index in [9.17, 15) is 4.39 Å². The fourth-order valence-corrected chi connectivity index (χ4v) is 3.95. The fraction of sp³-hybridized carbons (Fsp3) is 0.455. The van der Waals surface area contributed by atoms with Crippen molar-refractivity contribution >= 4 is 11.6 Å². The highest BCUT2D eigenvalue weighted by molar-refractivity contribution is 6.31. The molecule has 0 amide bonds. The number of likely N-dealkylation sites (N-methyl/N-ethyl adjacent to an activating group) is 1. The van der Waals surface area contributed by atoms with E-state index in [2.05, 4.69) is 17.1 Å². The zero-order valence-electron chi connectivity index (χ0n) is 16.5. The first-order chi connectivity index (χ1) is 13.6. The second kappa shape index (κ2) is 10.1. The standard InChI is InChI=1S/C22H28ClFN2O2/c1-3-26-11-5-7-19(26)14-25-13-16-6-4-8-21(27-2)22(16)28-15-17-9-10-18(24)12-20(17)23/h4,6,8-10,12,19,25H,3,5,7,11,13-15H2,1-2H3. The number of ether oxygens (including phenoxy) is 2. The smallest absolute Gasteiger partial charge is 0.166 e. The second-order valence-electron chi connectivity index (χ2n) is 7.03. The molecule has 0 bridgehead atoms. The molecule has 0 saturated carbocycles. The van der Waals surface area contributed by atoms with Gasteiger partial charge in [-0.3, -0.25) is 4.90 Å². The first kappa shape index (κ1) is 20.9. The van der Waals surface area contributed by atoms with E-state index >= 15 is 0 Å². The molecule has 28 heavy (non-hydrogen) atoms. The summed E-state index contributed by atoms with van der Waals surface area (Å²) in [6, 6.07) is 10.8. The monoisotopic (exact) mass is 406 g/mol. The Kier molecular flexibility index (Phi) is 7.54. The SMILES string of the molecule is CCN1CCCC1CNCc1cccc(OC)c1OCc1ccc(F)cc1Cl. The number of hydrogen-bond acceptors (Lipinski definition) is 4. The van der Waals surface area contributed by atoms with Crippen LogP contribution in [0.4, 0.5) is 4.39 Å². The predicted octanol–water partition coefficient (Wildman–Crippen LogP) is 4.64. The predicted molar refractivity (Wildman–Crippen MR) is 111 cm³/mol. The van der Waals surface area contributed by atoms with E-state index in [0.29, 0.717) is 29.1 Å². The molecule has 4 nitrogen and oxygen atoms in total. The summed E-state index contributed by atoms with van der Waals surface area (Å²) >= 11 is 6.12. The third-order valence-corrected chi connectivity index (χ3v) is 5.62. The molecule has 0 aromatic heterocycles. The van der Waals surface area contributed by atoms with Crippen LogP contribution in [-0.2, 0) is 13.2 Å². The molecule has 1 fully saturated rings. The third-order valence-electron chi connectivity index (χ3n) is 5.27. The molecule has 0 radical (unpaired) electrons. The minimum atomic E-state index is -0.357. The van der Waals surface area contributed by atoms with Crippen molar-refractivity contribution < 1.29 is 13.9 Å². The van der Waals surface area contributed by atoms with Gasteiger partial charge in [-0.1, -0.05) is 36.7 Å². The number of nitrogens with one attached hydrogen (secondary N) is 1. The summed E-state index contributed by atoms with van der Waals surface area (Å²) in [5.41, 5.74) is 1.76. The fourth-order valence-electron chi connectivity index (χ4n) is 3.73. The maximum absolute atomic E-state index is 13.3. The molecular formula is C22H28ClFN2O2. The van der Waals surface area contributed by atoms with Crippen LogP contribution >= 0.6 is 11.6 Å². The van der Waals surface area contributed by atoms with Crippen LogP contribution in [0.1, 0.15) is 30.9 Å². The van der Waals surface area contributed by atoms with Crippen LogP contribution in [-0.4, -0.2) is 37.7 Å². The van der Waals surface area contributed by atoms with Gasteiger partial charge in [-0.2, -0.15) is 0 Å². The maximum Gasteiger partial charge on any atom is 0.166 e. The number of para-hydroxylation sites is 1. The highest BCUT2D eigenvalue weighted by Gasteiger charge is 2.22. The molecule has 1 unspecified atom stereocenters. The summed E-state index contributed by atoms with van der Waals surface area (Å²) < 4.78 is 24.8. The van der Waals surface area contributed by atoms with Crippen molar-refractivity contribution in [1.82, 2.24) is 10.2 Å². The summed E-state index contributed by atoms with van der Waals surface area (Å²) in [7, 11) is 1.63. The molecule has 6 heteroatoms. The summed E-state index contributed by atoms with van der Waals surface area (Å²) in [5, 5.41) is 3.92. The van der Waals surface area contributed by atoms with E-state index in [1.54, 1.807) is 13.2 Å². The molecule has 1 N–H and O–H groups in total. The Balaban J connectivity index is 1.66. The van der Waals surface area contributed by atoms with Gasteiger partial charge in [0.05, 0.1) is 12.1 Å². The molecule has 0 spiro atoms. The Morgan fingerprint density at radius 2 is 2.11 bits per heavy atom. The number of hydrogen-bond donors (Lipinski definition) is 1. The Morgan fingerprint density at radius 1 is 1.25 bits per heavy atom. The van der Waals surface area contributed by atoms with Crippen molar-refractivity contribution in [3.63, 3.8) is 0 Å². The molecule has 1 heterocycles. The Bertz CT molecular complexity index is 787. The van der Waals surface area contributed by atoms with Gasteiger partial charge in [0, 0.05) is 30.3 Å². The third kappa shape index (κ3) is 5.16. The molecule has 1 atom stereocenters. The van der Waals surface area contributed by atoms with E-state index in [1.807, 2.05) is 18.2 Å². The molecule has 2 aromatic carbocycles. The van der Waals surface area contributed by atoms with Gasteiger partial charge in [0.2, 0.25) is 0 Å². The van der Waals surface area contributed by atoms with Gasteiger partial charge in [0.15, 0.2) is 11.5 Å². The van der Waals surface area contributed by atoms with Gasteiger partial charge in [0.1, 0.15) is 12.4 Å². The van der Waals surface area contributed by atoms with Gasteiger partial charge in [-0.15, -0.1) is 0 Å². The largest absolute Gasteiger partial charge is 0.493 e. The van der Waals surface area contributed by atoms with Crippen molar-refractivity contribution in [3.8, 4) is 11.5 Å². The summed E-state index contributed by atoms with van der Waals surface area (Å²) in [5.74, 6) is 1.01. The van der Waals surface area contributed by atoms with E-state index in [4.69, 9.17) is 21.1 Å². The number of rotatable bonds is 9. The average Bonchev–Trinajstić information content (AvgIpc) is 3.15. The molecule has 1 aliphatic rings. The molecule has 3 rings (SSSR count). The van der Waals surface area contributed by atoms with E-state index in [-0.39, 0.29) is 12.4 Å². The van der Waals surface area contributed by atoms with Gasteiger partial charge < -0.3 is 14.8 Å². The zero-order chi connectivity index (χ0) is 19.9. The lowest BCUT2D eigenvalue weighted by molar-refractivity contribution is 0.258. The summed E-state index contributed by atoms with van der Waals surface area (Å²) in [4.78, 5) is 2.52. The van der Waals surface area contributed by atoms with Crippen molar-refractivity contribution in [3.05, 3.63) is 58.4 Å². The second-order valence-corrected chi connectivity index (χ2v) is 7.44. The summed E-state index contributed by atoms with van der Waals surface area (Å²) in [6.07, 6.45) is 2.51. The first-order valence-corrected chi connectivity index (χ1v) is 10.2. The highest BCUT2D eigenvalue weighted by atomic mass is 35.5.